The quantitative estimate of drug-likeness (QED) is 0.247. The second kappa shape index (κ2) is 12.4. The van der Waals surface area contributed by atoms with Gasteiger partial charge in [0.25, 0.3) is 0 Å². The fourth-order valence-corrected chi connectivity index (χ4v) is 5.25. The first-order valence-corrected chi connectivity index (χ1v) is 14.2. The first-order valence-electron chi connectivity index (χ1n) is 14.2. The minimum Gasteiger partial charge on any atom is -0.494 e. The van der Waals surface area contributed by atoms with Gasteiger partial charge >= 0.3 is 6.09 Å². The third-order valence-corrected chi connectivity index (χ3v) is 7.51. The van der Waals surface area contributed by atoms with E-state index in [-0.39, 0.29) is 17.9 Å². The fourth-order valence-electron chi connectivity index (χ4n) is 5.25. The van der Waals surface area contributed by atoms with Crippen LogP contribution < -0.4 is 5.32 Å². The summed E-state index contributed by atoms with van der Waals surface area (Å²) in [6, 6.07) is 13.0. The average molecular weight is 569 g/mol. The normalized spacial score (nSPS) is 15.5. The number of amides is 2. The lowest BCUT2D eigenvalue weighted by Crippen LogP contribution is -2.51. The van der Waals surface area contributed by atoms with Crippen LogP contribution in [0, 0.1) is 5.92 Å². The van der Waals surface area contributed by atoms with Gasteiger partial charge < -0.3 is 24.7 Å². The number of hydrogen-bond donors (Lipinski definition) is 2. The molecule has 10 heteroatoms. The number of alkyl carbamates (subject to hydrolysis) is 1. The van der Waals surface area contributed by atoms with Crippen molar-refractivity contribution in [3.8, 4) is 22.5 Å². The highest BCUT2D eigenvalue weighted by Gasteiger charge is 2.37. The maximum absolute atomic E-state index is 13.4. The summed E-state index contributed by atoms with van der Waals surface area (Å²) >= 11 is 0. The van der Waals surface area contributed by atoms with Gasteiger partial charge in [-0.25, -0.2) is 14.8 Å². The Bertz CT molecular complexity index is 1600. The Labute approximate surface area is 245 Å². The number of benzene rings is 2. The predicted octanol–water partition coefficient (Wildman–Crippen LogP) is 5.74. The number of fused-ring (bicyclic) bond motifs is 1. The summed E-state index contributed by atoms with van der Waals surface area (Å²) in [7, 11) is 1.29. The van der Waals surface area contributed by atoms with E-state index < -0.39 is 12.1 Å². The summed E-state index contributed by atoms with van der Waals surface area (Å²) in [5.41, 5.74) is 6.00. The van der Waals surface area contributed by atoms with Gasteiger partial charge in [0.05, 0.1) is 54.6 Å². The zero-order valence-corrected chi connectivity index (χ0v) is 24.4. The van der Waals surface area contributed by atoms with E-state index in [1.54, 1.807) is 17.3 Å². The van der Waals surface area contributed by atoms with E-state index >= 15 is 0 Å². The molecule has 1 saturated heterocycles. The number of aromatic nitrogens is 4. The minimum absolute atomic E-state index is 0.0892. The average Bonchev–Trinajstić information content (AvgIpc) is 3.69. The highest BCUT2D eigenvalue weighted by atomic mass is 16.5. The van der Waals surface area contributed by atoms with Crippen molar-refractivity contribution in [1.29, 1.82) is 0 Å². The Balaban J connectivity index is 1.31. The SMILES string of the molecule is C=C(OCC)c1ccc2nc(-c3ccc(-c4cnc([C@@H]5CCCN5C(=O)[C@@H](NC(=O)OC)C(C)C)[nH]4)cc3)cnc2c1. The van der Waals surface area contributed by atoms with Crippen molar-refractivity contribution >= 4 is 28.8 Å². The lowest BCUT2D eigenvalue weighted by Gasteiger charge is -2.30. The molecule has 3 heterocycles. The molecule has 0 aliphatic carbocycles. The topological polar surface area (TPSA) is 122 Å². The Morgan fingerprint density at radius 1 is 1.10 bits per heavy atom. The van der Waals surface area contributed by atoms with Crippen LogP contribution in [0.3, 0.4) is 0 Å². The molecule has 10 nitrogen and oxygen atoms in total. The minimum atomic E-state index is -0.671. The number of carbonyl (C=O) groups excluding carboxylic acids is 2. The number of aromatic amines is 1. The number of likely N-dealkylation sites (tertiary alicyclic amines) is 1. The Morgan fingerprint density at radius 3 is 2.57 bits per heavy atom. The zero-order chi connectivity index (χ0) is 29.8. The van der Waals surface area contributed by atoms with Crippen molar-refractivity contribution in [2.75, 3.05) is 20.3 Å². The third kappa shape index (κ3) is 5.97. The van der Waals surface area contributed by atoms with Crippen LogP contribution in [0.15, 0.2) is 61.4 Å². The molecule has 1 aliphatic rings. The van der Waals surface area contributed by atoms with Gasteiger partial charge in [-0.3, -0.25) is 9.78 Å². The van der Waals surface area contributed by atoms with Crippen LogP contribution in [-0.4, -0.2) is 63.1 Å². The van der Waals surface area contributed by atoms with Crippen LogP contribution in [0.1, 0.15) is 51.0 Å². The van der Waals surface area contributed by atoms with E-state index in [1.165, 1.54) is 7.11 Å². The lowest BCUT2D eigenvalue weighted by molar-refractivity contribution is -0.135. The largest absolute Gasteiger partial charge is 0.494 e. The number of rotatable bonds is 9. The number of carbonyl (C=O) groups is 2. The van der Waals surface area contributed by atoms with Crippen LogP contribution in [0.2, 0.25) is 0 Å². The van der Waals surface area contributed by atoms with Crippen molar-refractivity contribution in [2.24, 2.45) is 5.92 Å². The summed E-state index contributed by atoms with van der Waals surface area (Å²) in [6.07, 6.45) is 4.60. The summed E-state index contributed by atoms with van der Waals surface area (Å²) in [5, 5.41) is 2.68. The Kier molecular flexibility index (Phi) is 8.51. The molecule has 0 bridgehead atoms. The predicted molar refractivity (Wildman–Crippen MR) is 161 cm³/mol. The van der Waals surface area contributed by atoms with Gasteiger partial charge in [-0.15, -0.1) is 0 Å². The molecule has 0 radical (unpaired) electrons. The molecular weight excluding hydrogens is 532 g/mol. The second-order valence-electron chi connectivity index (χ2n) is 10.6. The number of hydrogen-bond acceptors (Lipinski definition) is 7. The summed E-state index contributed by atoms with van der Waals surface area (Å²) in [6.45, 7) is 10.9. The molecule has 2 atom stereocenters. The van der Waals surface area contributed by atoms with E-state index in [0.717, 1.165) is 57.8 Å². The number of nitrogens with one attached hydrogen (secondary N) is 2. The molecule has 0 saturated carbocycles. The van der Waals surface area contributed by atoms with Gasteiger partial charge in [-0.05, 0) is 49.4 Å². The third-order valence-electron chi connectivity index (χ3n) is 7.51. The molecule has 2 aromatic heterocycles. The van der Waals surface area contributed by atoms with E-state index in [9.17, 15) is 9.59 Å². The zero-order valence-electron chi connectivity index (χ0n) is 24.4. The summed E-state index contributed by atoms with van der Waals surface area (Å²) in [4.78, 5) is 44.5. The monoisotopic (exact) mass is 568 g/mol. The van der Waals surface area contributed by atoms with Crippen molar-refractivity contribution in [3.05, 3.63) is 72.8 Å². The van der Waals surface area contributed by atoms with Gasteiger partial charge in [0.15, 0.2) is 0 Å². The Morgan fingerprint density at radius 2 is 1.86 bits per heavy atom. The van der Waals surface area contributed by atoms with E-state index in [2.05, 4.69) is 26.8 Å². The fraction of sp³-hybridized carbons (Fsp3) is 0.344. The van der Waals surface area contributed by atoms with Crippen molar-refractivity contribution in [3.63, 3.8) is 0 Å². The number of methoxy groups -OCH3 is 1. The van der Waals surface area contributed by atoms with Gasteiger partial charge in [-0.2, -0.15) is 0 Å². The Hall–Kier alpha value is -4.73. The van der Waals surface area contributed by atoms with E-state index in [1.807, 2.05) is 63.2 Å². The maximum Gasteiger partial charge on any atom is 0.407 e. The van der Waals surface area contributed by atoms with Gasteiger partial charge in [0.2, 0.25) is 5.91 Å². The summed E-state index contributed by atoms with van der Waals surface area (Å²) in [5.74, 6) is 1.12. The molecule has 2 aromatic carbocycles. The highest BCUT2D eigenvalue weighted by molar-refractivity contribution is 5.86. The lowest BCUT2D eigenvalue weighted by atomic mass is 10.0. The molecule has 0 unspecified atom stereocenters. The first-order chi connectivity index (χ1) is 20.3. The molecular formula is C32H36N6O4. The van der Waals surface area contributed by atoms with Gasteiger partial charge in [0.1, 0.15) is 17.6 Å². The van der Waals surface area contributed by atoms with Crippen molar-refractivity contribution in [2.45, 2.75) is 45.7 Å². The second-order valence-corrected chi connectivity index (χ2v) is 10.6. The van der Waals surface area contributed by atoms with Gasteiger partial charge in [0, 0.05) is 17.7 Å². The molecule has 218 valence electrons. The van der Waals surface area contributed by atoms with Crippen LogP contribution in [0.25, 0.3) is 39.3 Å². The first kappa shape index (κ1) is 28.8. The molecule has 2 amide bonds. The molecule has 0 spiro atoms. The van der Waals surface area contributed by atoms with Crippen molar-refractivity contribution < 1.29 is 19.1 Å². The number of H-pyrrole nitrogens is 1. The number of nitrogens with zero attached hydrogens (tertiary/aromatic N) is 4. The standard InChI is InChI=1S/C32H36N6O4/c1-6-42-20(4)23-13-14-24-25(16-23)33-17-26(35-24)21-9-11-22(12-10-21)27-18-34-30(36-27)28-8-7-15-38(28)31(39)29(19(2)3)37-32(40)41-5/h9-14,16-19,28-29H,4,6-8,15H2,1-3,5H3,(H,34,36)(H,37,40)/t28-,29-/m0/s1. The van der Waals surface area contributed by atoms with Gasteiger partial charge in [-0.1, -0.05) is 44.7 Å². The van der Waals surface area contributed by atoms with Crippen LogP contribution in [-0.2, 0) is 14.3 Å². The molecule has 42 heavy (non-hydrogen) atoms. The number of ether oxygens (including phenoxy) is 2. The maximum atomic E-state index is 13.4. The molecule has 5 rings (SSSR count). The molecule has 1 fully saturated rings. The van der Waals surface area contributed by atoms with Crippen LogP contribution in [0.5, 0.6) is 0 Å². The van der Waals surface area contributed by atoms with Crippen LogP contribution in [0.4, 0.5) is 4.79 Å². The molecule has 2 N–H and O–H groups in total. The highest BCUT2D eigenvalue weighted by Crippen LogP contribution is 2.33. The molecule has 4 aromatic rings. The smallest absolute Gasteiger partial charge is 0.407 e. The van der Waals surface area contributed by atoms with Crippen molar-refractivity contribution in [1.82, 2.24) is 30.2 Å². The molecule has 1 aliphatic heterocycles. The number of imidazole rings is 1. The van der Waals surface area contributed by atoms with Crippen LogP contribution >= 0.6 is 0 Å². The summed E-state index contributed by atoms with van der Waals surface area (Å²) < 4.78 is 10.2. The van der Waals surface area contributed by atoms with E-state index in [4.69, 9.17) is 14.5 Å². The van der Waals surface area contributed by atoms with E-state index in [0.29, 0.717) is 18.9 Å².